The molecule has 13 rings (SSSR count). The lowest BCUT2D eigenvalue weighted by Gasteiger charge is -2.26. The van der Waals surface area contributed by atoms with Crippen molar-refractivity contribution in [2.75, 3.05) is 4.90 Å². The Balaban J connectivity index is 0.832. The second-order valence-electron chi connectivity index (χ2n) is 17.3. The van der Waals surface area contributed by atoms with Crippen molar-refractivity contribution in [1.29, 1.82) is 0 Å². The van der Waals surface area contributed by atoms with Gasteiger partial charge in [0, 0.05) is 39.0 Å². The third kappa shape index (κ3) is 6.42. The minimum absolute atomic E-state index is 0.911. The molecule has 0 aliphatic heterocycles. The van der Waals surface area contributed by atoms with E-state index in [1.807, 2.05) is 6.07 Å². The van der Waals surface area contributed by atoms with Crippen LogP contribution in [0.4, 0.5) is 17.1 Å². The van der Waals surface area contributed by atoms with E-state index in [4.69, 9.17) is 4.42 Å². The summed E-state index contributed by atoms with van der Waals surface area (Å²) in [5.74, 6) is 0. The topological polar surface area (TPSA) is 16.4 Å². The van der Waals surface area contributed by atoms with E-state index < -0.39 is 0 Å². The first-order valence-corrected chi connectivity index (χ1v) is 22.6. The lowest BCUT2D eigenvalue weighted by Crippen LogP contribution is -2.09. The molecule has 308 valence electrons. The monoisotopic (exact) mass is 839 g/mol. The highest BCUT2D eigenvalue weighted by molar-refractivity contribution is 6.23. The Morgan fingerprint density at radius 1 is 0.242 bits per heavy atom. The predicted octanol–water partition coefficient (Wildman–Crippen LogP) is 18.3. The van der Waals surface area contributed by atoms with Gasteiger partial charge in [-0.05, 0) is 125 Å². The van der Waals surface area contributed by atoms with E-state index in [0.717, 1.165) is 72.4 Å². The molecule has 13 aromatic rings. The smallest absolute Gasteiger partial charge is 0.143 e. The summed E-state index contributed by atoms with van der Waals surface area (Å²) >= 11 is 0. The van der Waals surface area contributed by atoms with Crippen molar-refractivity contribution in [1.82, 2.24) is 0 Å². The Bertz CT molecular complexity index is 3810. The molecule has 0 aliphatic carbocycles. The van der Waals surface area contributed by atoms with Crippen LogP contribution in [-0.4, -0.2) is 0 Å². The fourth-order valence-corrected chi connectivity index (χ4v) is 10.1. The Labute approximate surface area is 383 Å². The minimum atomic E-state index is 0.911. The number of anilines is 3. The number of hydrogen-bond donors (Lipinski definition) is 0. The van der Waals surface area contributed by atoms with Crippen molar-refractivity contribution in [3.63, 3.8) is 0 Å². The molecule has 0 aliphatic rings. The van der Waals surface area contributed by atoms with Crippen molar-refractivity contribution < 1.29 is 4.42 Å². The second kappa shape index (κ2) is 15.5. The van der Waals surface area contributed by atoms with Gasteiger partial charge in [0.2, 0.25) is 0 Å². The van der Waals surface area contributed by atoms with E-state index in [9.17, 15) is 0 Å². The van der Waals surface area contributed by atoms with Gasteiger partial charge in [0.25, 0.3) is 0 Å². The lowest BCUT2D eigenvalue weighted by molar-refractivity contribution is 0.671. The zero-order valence-electron chi connectivity index (χ0n) is 36.0. The van der Waals surface area contributed by atoms with Crippen LogP contribution < -0.4 is 4.90 Å². The number of nitrogens with zero attached hydrogens (tertiary/aromatic N) is 1. The fourth-order valence-electron chi connectivity index (χ4n) is 10.1. The van der Waals surface area contributed by atoms with E-state index in [1.165, 1.54) is 54.6 Å². The summed E-state index contributed by atoms with van der Waals surface area (Å²) < 4.78 is 6.74. The van der Waals surface area contributed by atoms with Gasteiger partial charge in [0.15, 0.2) is 0 Å². The molecule has 66 heavy (non-hydrogen) atoms. The molecule has 2 nitrogen and oxygen atoms in total. The van der Waals surface area contributed by atoms with E-state index in [1.54, 1.807) is 0 Å². The summed E-state index contributed by atoms with van der Waals surface area (Å²) in [4.78, 5) is 2.35. The fraction of sp³-hybridized carbons (Fsp3) is 0. The molecule has 1 aromatic heterocycles. The van der Waals surface area contributed by atoms with Crippen LogP contribution in [0.3, 0.4) is 0 Å². The molecule has 0 unspecified atom stereocenters. The average Bonchev–Trinajstić information content (AvgIpc) is 3.79. The summed E-state index contributed by atoms with van der Waals surface area (Å²) in [6, 6.07) is 90.0. The van der Waals surface area contributed by atoms with Crippen LogP contribution >= 0.6 is 0 Å². The summed E-state index contributed by atoms with van der Waals surface area (Å²) in [5, 5.41) is 10.1. The summed E-state index contributed by atoms with van der Waals surface area (Å²) in [6.07, 6.45) is 0. The van der Waals surface area contributed by atoms with Gasteiger partial charge in [-0.1, -0.05) is 200 Å². The van der Waals surface area contributed by atoms with E-state index in [2.05, 4.69) is 248 Å². The molecule has 0 atom stereocenters. The third-order valence-corrected chi connectivity index (χ3v) is 13.4. The van der Waals surface area contributed by atoms with Gasteiger partial charge in [-0.3, -0.25) is 0 Å². The number of benzene rings is 12. The van der Waals surface area contributed by atoms with E-state index in [-0.39, 0.29) is 0 Å². The number of rotatable bonds is 8. The average molecular weight is 840 g/mol. The van der Waals surface area contributed by atoms with Gasteiger partial charge in [-0.25, -0.2) is 0 Å². The summed E-state index contributed by atoms with van der Waals surface area (Å²) in [6.45, 7) is 0. The summed E-state index contributed by atoms with van der Waals surface area (Å²) in [5.41, 5.74) is 16.7. The molecule has 0 radical (unpaired) electrons. The van der Waals surface area contributed by atoms with Crippen molar-refractivity contribution in [2.45, 2.75) is 0 Å². The molecular weight excluding hydrogens is 799 g/mol. The van der Waals surface area contributed by atoms with Crippen molar-refractivity contribution >= 4 is 71.3 Å². The van der Waals surface area contributed by atoms with Gasteiger partial charge in [-0.15, -0.1) is 0 Å². The Morgan fingerprint density at radius 2 is 0.591 bits per heavy atom. The second-order valence-corrected chi connectivity index (χ2v) is 17.3. The lowest BCUT2D eigenvalue weighted by atomic mass is 9.91. The maximum absolute atomic E-state index is 6.74. The van der Waals surface area contributed by atoms with Crippen LogP contribution in [0.2, 0.25) is 0 Å². The standard InChI is InChI=1S/C64H41NO/c1-3-10-42(11-4-1)44-28-34-54(35-29-44)65(56-38-32-46(33-39-56)53-40-51-26-24-49-14-7-15-50-25-27-52(41-53)62(51)61(49)50)55-36-30-45(31-37-55)43-20-22-48(23-21-43)58-17-9-19-60-59-18-8-16-57(63(59)66-64(58)60)47-12-5-2-6-13-47/h1-41H. The Morgan fingerprint density at radius 3 is 1.08 bits per heavy atom. The highest BCUT2D eigenvalue weighted by Gasteiger charge is 2.18. The van der Waals surface area contributed by atoms with Crippen LogP contribution in [-0.2, 0) is 0 Å². The van der Waals surface area contributed by atoms with E-state index in [0.29, 0.717) is 0 Å². The van der Waals surface area contributed by atoms with Gasteiger partial charge in [0.05, 0.1) is 0 Å². The normalized spacial score (nSPS) is 11.6. The molecule has 0 saturated carbocycles. The quantitative estimate of drug-likeness (QED) is 0.142. The molecular formula is C64H41NO. The van der Waals surface area contributed by atoms with Gasteiger partial charge >= 0.3 is 0 Å². The minimum Gasteiger partial charge on any atom is -0.455 e. The van der Waals surface area contributed by atoms with Crippen LogP contribution in [0.5, 0.6) is 0 Å². The summed E-state index contributed by atoms with van der Waals surface area (Å²) in [7, 11) is 0. The zero-order valence-corrected chi connectivity index (χ0v) is 36.0. The Kier molecular flexibility index (Phi) is 8.89. The van der Waals surface area contributed by atoms with Gasteiger partial charge < -0.3 is 9.32 Å². The molecule has 0 fully saturated rings. The molecule has 0 bridgehead atoms. The number of hydrogen-bond acceptors (Lipinski definition) is 2. The highest BCUT2D eigenvalue weighted by atomic mass is 16.3. The van der Waals surface area contributed by atoms with Crippen LogP contribution in [0, 0.1) is 0 Å². The first-order valence-electron chi connectivity index (χ1n) is 22.6. The molecule has 2 heteroatoms. The van der Waals surface area contributed by atoms with Crippen LogP contribution in [0.1, 0.15) is 0 Å². The predicted molar refractivity (Wildman–Crippen MR) is 279 cm³/mol. The maximum Gasteiger partial charge on any atom is 0.143 e. The van der Waals surface area contributed by atoms with Gasteiger partial charge in [0.1, 0.15) is 11.2 Å². The Hall–Kier alpha value is -8.72. The zero-order chi connectivity index (χ0) is 43.6. The van der Waals surface area contributed by atoms with E-state index >= 15 is 0 Å². The molecule has 0 amide bonds. The maximum atomic E-state index is 6.74. The molecule has 1 heterocycles. The first kappa shape index (κ1) is 37.8. The van der Waals surface area contributed by atoms with Crippen molar-refractivity contribution in [2.24, 2.45) is 0 Å². The molecule has 0 N–H and O–H groups in total. The van der Waals surface area contributed by atoms with Crippen LogP contribution in [0.25, 0.3) is 110 Å². The van der Waals surface area contributed by atoms with Crippen molar-refractivity contribution in [3.8, 4) is 55.6 Å². The number of fused-ring (bicyclic) bond motifs is 3. The molecule has 0 saturated heterocycles. The number of para-hydroxylation sites is 2. The largest absolute Gasteiger partial charge is 0.455 e. The van der Waals surface area contributed by atoms with Crippen LogP contribution in [0.15, 0.2) is 253 Å². The van der Waals surface area contributed by atoms with Crippen molar-refractivity contribution in [3.05, 3.63) is 249 Å². The first-order chi connectivity index (χ1) is 32.7. The highest BCUT2D eigenvalue weighted by Crippen LogP contribution is 2.43. The van der Waals surface area contributed by atoms with Gasteiger partial charge in [-0.2, -0.15) is 0 Å². The molecule has 0 spiro atoms. The number of furan rings is 1. The third-order valence-electron chi connectivity index (χ3n) is 13.4. The SMILES string of the molecule is c1ccc(-c2ccc(N(c3ccc(-c4ccc(-c5cccc6c5oc5c(-c7ccccc7)cccc56)cc4)cc3)c3ccc(-c4cc5ccc6cccc7ccc(c4)c5c67)cc3)cc2)cc1. The molecule has 12 aromatic carbocycles.